The molecule has 1 nitrogen and oxygen atoms in total. The highest BCUT2D eigenvalue weighted by molar-refractivity contribution is 6.64. The van der Waals surface area contributed by atoms with Gasteiger partial charge in [-0.3, -0.25) is 4.79 Å². The zero-order valence-electron chi connectivity index (χ0n) is 7.26. The summed E-state index contributed by atoms with van der Waals surface area (Å²) in [5.41, 5.74) is 0. The lowest BCUT2D eigenvalue weighted by Gasteiger charge is -2.13. The smallest absolute Gasteiger partial charge is 0.224 e. The molecule has 0 aliphatic heterocycles. The molecular weight excluding hydrogens is 172 g/mol. The molecule has 2 unspecified atom stereocenters. The van der Waals surface area contributed by atoms with Crippen molar-refractivity contribution in [1.29, 1.82) is 0 Å². The summed E-state index contributed by atoms with van der Waals surface area (Å²) in [6.07, 6.45) is 7.30. The van der Waals surface area contributed by atoms with E-state index in [9.17, 15) is 4.79 Å². The quantitative estimate of drug-likeness (QED) is 0.487. The molecule has 1 fully saturated rings. The predicted octanol–water partition coefficient (Wildman–Crippen LogP) is 3.13. The van der Waals surface area contributed by atoms with E-state index in [0.29, 0.717) is 5.92 Å². The average Bonchev–Trinajstić information content (AvgIpc) is 2.48. The highest BCUT2D eigenvalue weighted by Crippen LogP contribution is 2.36. The van der Waals surface area contributed by atoms with Crippen LogP contribution in [-0.4, -0.2) is 5.24 Å². The Morgan fingerprint density at radius 1 is 1.58 bits per heavy atom. The second-order valence-electron chi connectivity index (χ2n) is 3.47. The lowest BCUT2D eigenvalue weighted by molar-refractivity contribution is -0.116. The number of carbonyl (C=O) groups excluding carboxylic acids is 1. The first kappa shape index (κ1) is 9.79. The van der Waals surface area contributed by atoms with Gasteiger partial charge in [0.15, 0.2) is 0 Å². The largest absolute Gasteiger partial charge is 0.281 e. The van der Waals surface area contributed by atoms with Gasteiger partial charge in [-0.05, 0) is 43.2 Å². The molecule has 0 bridgehead atoms. The van der Waals surface area contributed by atoms with Gasteiger partial charge in [0.05, 0.1) is 0 Å². The Balaban J connectivity index is 2.40. The number of carbonyl (C=O) groups is 1. The summed E-state index contributed by atoms with van der Waals surface area (Å²) in [4.78, 5) is 11.0. The van der Waals surface area contributed by atoms with Crippen LogP contribution in [0.3, 0.4) is 0 Å². The molecule has 0 aromatic heterocycles. The van der Waals surface area contributed by atoms with Crippen molar-refractivity contribution in [3.63, 3.8) is 0 Å². The summed E-state index contributed by atoms with van der Waals surface area (Å²) >= 11 is 5.49. The first-order valence-electron chi connectivity index (χ1n) is 4.56. The van der Waals surface area contributed by atoms with E-state index in [1.807, 2.05) is 6.08 Å². The van der Waals surface area contributed by atoms with E-state index in [-0.39, 0.29) is 11.2 Å². The first-order valence-corrected chi connectivity index (χ1v) is 4.93. The van der Waals surface area contributed by atoms with Crippen molar-refractivity contribution >= 4 is 16.8 Å². The van der Waals surface area contributed by atoms with Crippen LogP contribution in [0.25, 0.3) is 0 Å². The number of hydrogen-bond acceptors (Lipinski definition) is 1. The second kappa shape index (κ2) is 4.66. The number of halogens is 1. The summed E-state index contributed by atoms with van der Waals surface area (Å²) in [6.45, 7) is 3.67. The minimum Gasteiger partial charge on any atom is -0.281 e. The molecule has 2 atom stereocenters. The van der Waals surface area contributed by atoms with Crippen molar-refractivity contribution in [3.05, 3.63) is 12.7 Å². The van der Waals surface area contributed by atoms with Crippen LogP contribution in [-0.2, 0) is 4.79 Å². The second-order valence-corrected chi connectivity index (χ2v) is 3.84. The Morgan fingerprint density at radius 3 is 2.92 bits per heavy atom. The van der Waals surface area contributed by atoms with Crippen LogP contribution in [0.1, 0.15) is 32.1 Å². The lowest BCUT2D eigenvalue weighted by atomic mass is 9.93. The van der Waals surface area contributed by atoms with Gasteiger partial charge >= 0.3 is 0 Å². The molecule has 0 amide bonds. The van der Waals surface area contributed by atoms with Crippen molar-refractivity contribution in [1.82, 2.24) is 0 Å². The zero-order chi connectivity index (χ0) is 8.97. The predicted molar refractivity (Wildman–Crippen MR) is 51.1 cm³/mol. The Labute approximate surface area is 78.8 Å². The van der Waals surface area contributed by atoms with Gasteiger partial charge in [-0.1, -0.05) is 12.5 Å². The Morgan fingerprint density at radius 2 is 2.33 bits per heavy atom. The van der Waals surface area contributed by atoms with Gasteiger partial charge in [0.2, 0.25) is 5.24 Å². The van der Waals surface area contributed by atoms with Crippen LogP contribution >= 0.6 is 11.6 Å². The molecule has 1 aliphatic rings. The maximum atomic E-state index is 11.0. The molecule has 0 heterocycles. The van der Waals surface area contributed by atoms with Gasteiger partial charge in [0.1, 0.15) is 0 Å². The van der Waals surface area contributed by atoms with E-state index in [4.69, 9.17) is 11.6 Å². The van der Waals surface area contributed by atoms with Crippen LogP contribution in [0.2, 0.25) is 0 Å². The first-order chi connectivity index (χ1) is 5.75. The van der Waals surface area contributed by atoms with Crippen molar-refractivity contribution in [2.24, 2.45) is 11.8 Å². The third-order valence-electron chi connectivity index (χ3n) is 2.69. The molecule has 0 saturated heterocycles. The monoisotopic (exact) mass is 186 g/mol. The number of rotatable bonds is 4. The van der Waals surface area contributed by atoms with Crippen LogP contribution in [0.4, 0.5) is 0 Å². The van der Waals surface area contributed by atoms with Crippen LogP contribution in [0.15, 0.2) is 12.7 Å². The van der Waals surface area contributed by atoms with E-state index in [2.05, 4.69) is 6.58 Å². The summed E-state index contributed by atoms with van der Waals surface area (Å²) < 4.78 is 0. The zero-order valence-corrected chi connectivity index (χ0v) is 8.02. The van der Waals surface area contributed by atoms with Gasteiger partial charge in [-0.15, -0.1) is 6.58 Å². The summed E-state index contributed by atoms with van der Waals surface area (Å²) in [5.74, 6) is 0.652. The van der Waals surface area contributed by atoms with Crippen LogP contribution < -0.4 is 0 Å². The highest BCUT2D eigenvalue weighted by Gasteiger charge is 2.30. The van der Waals surface area contributed by atoms with Crippen molar-refractivity contribution in [3.8, 4) is 0 Å². The number of hydrogen-bond donors (Lipinski definition) is 0. The summed E-state index contributed by atoms with van der Waals surface area (Å²) in [7, 11) is 0. The molecule has 1 aliphatic carbocycles. The van der Waals surface area contributed by atoms with E-state index < -0.39 is 0 Å². The fourth-order valence-corrected chi connectivity index (χ4v) is 2.30. The van der Waals surface area contributed by atoms with Crippen LogP contribution in [0, 0.1) is 11.8 Å². The van der Waals surface area contributed by atoms with Crippen molar-refractivity contribution in [2.45, 2.75) is 32.1 Å². The molecule has 0 aromatic carbocycles. The highest BCUT2D eigenvalue weighted by atomic mass is 35.5. The van der Waals surface area contributed by atoms with Crippen molar-refractivity contribution < 1.29 is 4.79 Å². The van der Waals surface area contributed by atoms with Gasteiger partial charge in [0, 0.05) is 5.92 Å². The normalized spacial score (nSPS) is 28.8. The van der Waals surface area contributed by atoms with E-state index in [1.54, 1.807) is 0 Å². The lowest BCUT2D eigenvalue weighted by Crippen LogP contribution is -2.13. The molecular formula is C10H15ClO. The fourth-order valence-electron chi connectivity index (χ4n) is 2.01. The third-order valence-corrected chi connectivity index (χ3v) is 2.97. The Bertz CT molecular complexity index is 177. The average molecular weight is 187 g/mol. The molecule has 2 heteroatoms. The minimum absolute atomic E-state index is 0.131. The molecule has 12 heavy (non-hydrogen) atoms. The summed E-state index contributed by atoms with van der Waals surface area (Å²) in [5, 5.41) is -0.137. The molecule has 0 N–H and O–H groups in total. The molecule has 0 aromatic rings. The van der Waals surface area contributed by atoms with E-state index >= 15 is 0 Å². The van der Waals surface area contributed by atoms with Crippen LogP contribution in [0.5, 0.6) is 0 Å². The molecule has 0 spiro atoms. The van der Waals surface area contributed by atoms with Gasteiger partial charge in [-0.25, -0.2) is 0 Å². The fraction of sp³-hybridized carbons (Fsp3) is 0.700. The maximum Gasteiger partial charge on any atom is 0.224 e. The van der Waals surface area contributed by atoms with Gasteiger partial charge < -0.3 is 0 Å². The van der Waals surface area contributed by atoms with Crippen molar-refractivity contribution in [2.75, 3.05) is 0 Å². The third kappa shape index (κ3) is 2.34. The minimum atomic E-state index is -0.137. The molecule has 1 saturated carbocycles. The van der Waals surface area contributed by atoms with Gasteiger partial charge in [0.25, 0.3) is 0 Å². The SMILES string of the molecule is C=CCCC1CCCC1C(=O)Cl. The number of allylic oxidation sites excluding steroid dienone is 1. The molecule has 1 rings (SSSR count). The topological polar surface area (TPSA) is 17.1 Å². The van der Waals surface area contributed by atoms with Gasteiger partial charge in [-0.2, -0.15) is 0 Å². The molecule has 0 radical (unpaired) electrons. The van der Waals surface area contributed by atoms with E-state index in [1.165, 1.54) is 0 Å². The molecule has 68 valence electrons. The van der Waals surface area contributed by atoms with E-state index in [0.717, 1.165) is 32.1 Å². The maximum absolute atomic E-state index is 11.0. The Hall–Kier alpha value is -0.300. The Kier molecular flexibility index (Phi) is 3.80. The standard InChI is InChI=1S/C10H15ClO/c1-2-3-5-8-6-4-7-9(8)10(11)12/h2,8-9H,1,3-7H2. The summed E-state index contributed by atoms with van der Waals surface area (Å²) in [6, 6.07) is 0.